The van der Waals surface area contributed by atoms with Gasteiger partial charge in [-0.15, -0.1) is 0 Å². The maximum absolute atomic E-state index is 13.0. The molecule has 1 aromatic heterocycles. The number of aromatic nitrogens is 2. The molecule has 28 heavy (non-hydrogen) atoms. The zero-order valence-electron chi connectivity index (χ0n) is 16.7. The van der Waals surface area contributed by atoms with Crippen molar-refractivity contribution in [2.24, 2.45) is 5.92 Å². The van der Waals surface area contributed by atoms with Crippen molar-refractivity contribution in [3.8, 4) is 5.69 Å². The van der Waals surface area contributed by atoms with Crippen LogP contribution in [0.4, 0.5) is 10.2 Å². The van der Waals surface area contributed by atoms with Crippen molar-refractivity contribution in [3.05, 3.63) is 42.3 Å². The highest BCUT2D eigenvalue weighted by atomic mass is 32.2. The van der Waals surface area contributed by atoms with E-state index in [0.717, 1.165) is 37.2 Å². The van der Waals surface area contributed by atoms with Gasteiger partial charge in [0.15, 0.2) is 0 Å². The van der Waals surface area contributed by atoms with Gasteiger partial charge in [-0.1, -0.05) is 0 Å². The highest BCUT2D eigenvalue weighted by Gasteiger charge is 2.30. The second kappa shape index (κ2) is 8.21. The van der Waals surface area contributed by atoms with Gasteiger partial charge in [-0.3, -0.25) is 0 Å². The summed E-state index contributed by atoms with van der Waals surface area (Å²) in [5.74, 6) is 0.893. The number of nitrogens with zero attached hydrogens (tertiary/aromatic N) is 2. The van der Waals surface area contributed by atoms with Crippen molar-refractivity contribution in [3.63, 3.8) is 0 Å². The molecule has 1 aliphatic carbocycles. The average Bonchev–Trinajstić information content (AvgIpc) is 3.09. The Morgan fingerprint density at radius 2 is 1.75 bits per heavy atom. The Balaban J connectivity index is 1.48. The van der Waals surface area contributed by atoms with E-state index in [-0.39, 0.29) is 5.82 Å². The smallest absolute Gasteiger partial charge is 0.216 e. The lowest BCUT2D eigenvalue weighted by Crippen LogP contribution is -2.42. The van der Waals surface area contributed by atoms with E-state index < -0.39 is 14.8 Å². The van der Waals surface area contributed by atoms with E-state index in [4.69, 9.17) is 0 Å². The Morgan fingerprint density at radius 1 is 1.11 bits per heavy atom. The van der Waals surface area contributed by atoms with Crippen LogP contribution in [-0.2, 0) is 10.0 Å². The number of halogens is 1. The number of hydrogen-bond donors (Lipinski definition) is 2. The third-order valence-corrected chi connectivity index (χ3v) is 7.41. The summed E-state index contributed by atoms with van der Waals surface area (Å²) in [6.07, 6.45) is 5.76. The molecule has 0 amide bonds. The predicted molar refractivity (Wildman–Crippen MR) is 110 cm³/mol. The van der Waals surface area contributed by atoms with Gasteiger partial charge in [-0.25, -0.2) is 22.2 Å². The SMILES string of the molecule is CC(C)(C)S(=O)(=O)NC[C@H]1CC[C@H](Nc2ccn(-c3ccc(F)cc3)n2)CC1. The molecule has 3 rings (SSSR count). The number of benzene rings is 1. The molecule has 154 valence electrons. The summed E-state index contributed by atoms with van der Waals surface area (Å²) in [7, 11) is -3.29. The molecule has 1 aromatic carbocycles. The summed E-state index contributed by atoms with van der Waals surface area (Å²) in [6, 6.07) is 8.45. The molecule has 0 bridgehead atoms. The standard InChI is InChI=1S/C20H29FN4O2S/c1-20(2,3)28(26,27)22-14-15-4-8-17(9-5-15)23-19-12-13-25(24-19)18-10-6-16(21)7-11-18/h6-7,10-13,15,17,22H,4-5,8-9,14H2,1-3H3,(H,23,24)/t15-,17-. The molecule has 1 saturated carbocycles. The number of anilines is 1. The van der Waals surface area contributed by atoms with Crippen LogP contribution in [0, 0.1) is 11.7 Å². The largest absolute Gasteiger partial charge is 0.366 e. The summed E-state index contributed by atoms with van der Waals surface area (Å²) < 4.78 is 41.1. The molecule has 0 atom stereocenters. The number of rotatable bonds is 6. The van der Waals surface area contributed by atoms with E-state index in [2.05, 4.69) is 15.1 Å². The predicted octanol–water partition coefficient (Wildman–Crippen LogP) is 3.70. The fourth-order valence-electron chi connectivity index (χ4n) is 3.30. The van der Waals surface area contributed by atoms with Gasteiger partial charge >= 0.3 is 0 Å². The first-order chi connectivity index (χ1) is 13.1. The molecule has 0 unspecified atom stereocenters. The second-order valence-electron chi connectivity index (χ2n) is 8.45. The Labute approximate surface area is 166 Å². The van der Waals surface area contributed by atoms with Crippen LogP contribution in [0.25, 0.3) is 5.69 Å². The fraction of sp³-hybridized carbons (Fsp3) is 0.550. The molecule has 0 saturated heterocycles. The van der Waals surface area contributed by atoms with Crippen LogP contribution in [0.2, 0.25) is 0 Å². The third-order valence-electron chi connectivity index (χ3n) is 5.25. The van der Waals surface area contributed by atoms with Crippen molar-refractivity contribution < 1.29 is 12.8 Å². The zero-order chi connectivity index (χ0) is 20.4. The van der Waals surface area contributed by atoms with Crippen LogP contribution < -0.4 is 10.0 Å². The van der Waals surface area contributed by atoms with E-state index in [9.17, 15) is 12.8 Å². The summed E-state index contributed by atoms with van der Waals surface area (Å²) in [4.78, 5) is 0. The molecule has 2 aromatic rings. The lowest BCUT2D eigenvalue weighted by Gasteiger charge is -2.30. The van der Waals surface area contributed by atoms with E-state index in [1.807, 2.05) is 12.3 Å². The lowest BCUT2D eigenvalue weighted by molar-refractivity contribution is 0.336. The van der Waals surface area contributed by atoms with Crippen molar-refractivity contribution in [1.82, 2.24) is 14.5 Å². The Morgan fingerprint density at radius 3 is 2.36 bits per heavy atom. The van der Waals surface area contributed by atoms with Gasteiger partial charge in [-0.05, 0) is 76.6 Å². The first-order valence-corrected chi connectivity index (χ1v) is 11.2. The Bertz CT molecular complexity index is 880. The van der Waals surface area contributed by atoms with Crippen LogP contribution in [0.15, 0.2) is 36.5 Å². The average molecular weight is 409 g/mol. The fourth-order valence-corrected chi connectivity index (χ4v) is 4.19. The van der Waals surface area contributed by atoms with E-state index >= 15 is 0 Å². The highest BCUT2D eigenvalue weighted by Crippen LogP contribution is 2.26. The first kappa shape index (κ1) is 20.8. The minimum absolute atomic E-state index is 0.268. The molecule has 8 heteroatoms. The third kappa shape index (κ3) is 5.11. The van der Waals surface area contributed by atoms with Gasteiger partial charge < -0.3 is 5.32 Å². The van der Waals surface area contributed by atoms with E-state index in [1.54, 1.807) is 37.6 Å². The molecule has 1 aliphatic rings. The quantitative estimate of drug-likeness (QED) is 0.764. The molecule has 1 fully saturated rings. The second-order valence-corrected chi connectivity index (χ2v) is 11.0. The molecule has 1 heterocycles. The summed E-state index contributed by atoms with van der Waals surface area (Å²) >= 11 is 0. The minimum Gasteiger partial charge on any atom is -0.366 e. The molecular weight excluding hydrogens is 379 g/mol. The van der Waals surface area contributed by atoms with Crippen LogP contribution in [0.3, 0.4) is 0 Å². The maximum atomic E-state index is 13.0. The van der Waals surface area contributed by atoms with Crippen LogP contribution in [0.5, 0.6) is 0 Å². The monoisotopic (exact) mass is 408 g/mol. The van der Waals surface area contributed by atoms with Gasteiger partial charge in [0.05, 0.1) is 10.4 Å². The molecule has 0 spiro atoms. The Hall–Kier alpha value is -1.93. The normalized spacial score (nSPS) is 20.9. The number of nitrogens with one attached hydrogen (secondary N) is 2. The lowest BCUT2D eigenvalue weighted by atomic mass is 9.86. The summed E-state index contributed by atoms with van der Waals surface area (Å²) in [5, 5.41) is 7.97. The first-order valence-electron chi connectivity index (χ1n) is 9.71. The molecule has 6 nitrogen and oxygen atoms in total. The summed E-state index contributed by atoms with van der Waals surface area (Å²) in [6.45, 7) is 5.63. The highest BCUT2D eigenvalue weighted by molar-refractivity contribution is 7.90. The van der Waals surface area contributed by atoms with Crippen molar-refractivity contribution in [2.45, 2.75) is 57.2 Å². The van der Waals surface area contributed by atoms with Gasteiger partial charge in [-0.2, -0.15) is 5.10 Å². The molecule has 0 aliphatic heterocycles. The maximum Gasteiger partial charge on any atom is 0.216 e. The molecular formula is C20H29FN4O2S. The van der Waals surface area contributed by atoms with E-state index in [0.29, 0.717) is 18.5 Å². The van der Waals surface area contributed by atoms with Gasteiger partial charge in [0, 0.05) is 24.8 Å². The van der Waals surface area contributed by atoms with Gasteiger partial charge in [0.1, 0.15) is 11.6 Å². The zero-order valence-corrected chi connectivity index (χ0v) is 17.5. The van der Waals surface area contributed by atoms with Crippen molar-refractivity contribution in [1.29, 1.82) is 0 Å². The van der Waals surface area contributed by atoms with Gasteiger partial charge in [0.2, 0.25) is 10.0 Å². The van der Waals surface area contributed by atoms with Crippen molar-refractivity contribution >= 4 is 15.8 Å². The summed E-state index contributed by atoms with van der Waals surface area (Å²) in [5.41, 5.74) is 0.810. The minimum atomic E-state index is -3.29. The Kier molecular flexibility index (Phi) is 6.09. The van der Waals surface area contributed by atoms with Crippen LogP contribution in [0.1, 0.15) is 46.5 Å². The number of hydrogen-bond acceptors (Lipinski definition) is 4. The molecule has 0 radical (unpaired) electrons. The van der Waals surface area contributed by atoms with Crippen LogP contribution >= 0.6 is 0 Å². The van der Waals surface area contributed by atoms with E-state index in [1.165, 1.54) is 12.1 Å². The number of sulfonamides is 1. The van der Waals surface area contributed by atoms with Gasteiger partial charge in [0.25, 0.3) is 0 Å². The van der Waals surface area contributed by atoms with Crippen LogP contribution in [-0.4, -0.2) is 35.5 Å². The topological polar surface area (TPSA) is 76.0 Å². The molecule has 2 N–H and O–H groups in total. The van der Waals surface area contributed by atoms with Crippen molar-refractivity contribution in [2.75, 3.05) is 11.9 Å².